The van der Waals surface area contributed by atoms with Crippen LogP contribution < -0.4 is 4.74 Å². The fraction of sp³-hybridized carbons (Fsp3) is 0.471. The maximum Gasteiger partial charge on any atom is 0.155 e. The van der Waals surface area contributed by atoms with Crippen molar-refractivity contribution in [2.75, 3.05) is 6.61 Å². The molecule has 0 saturated heterocycles. The summed E-state index contributed by atoms with van der Waals surface area (Å²) in [5.74, 6) is 1.25. The molecule has 0 aromatic heterocycles. The van der Waals surface area contributed by atoms with Gasteiger partial charge in [-0.25, -0.2) is 0 Å². The van der Waals surface area contributed by atoms with E-state index in [2.05, 4.69) is 26.0 Å². The zero-order chi connectivity index (χ0) is 13.7. The van der Waals surface area contributed by atoms with Gasteiger partial charge in [0.1, 0.15) is 5.75 Å². The van der Waals surface area contributed by atoms with Gasteiger partial charge in [0.15, 0.2) is 5.78 Å². The predicted octanol–water partition coefficient (Wildman–Crippen LogP) is 3.87. The molecule has 1 aromatic carbocycles. The molecule has 0 unspecified atom stereocenters. The van der Waals surface area contributed by atoms with Crippen LogP contribution in [0.1, 0.15) is 44.2 Å². The third-order valence-corrected chi connectivity index (χ3v) is 3.69. The summed E-state index contributed by atoms with van der Waals surface area (Å²) in [5.41, 5.74) is 3.76. The lowest BCUT2D eigenvalue weighted by Gasteiger charge is -2.04. The quantitative estimate of drug-likeness (QED) is 0.724. The Morgan fingerprint density at radius 3 is 2.84 bits per heavy atom. The van der Waals surface area contributed by atoms with Crippen molar-refractivity contribution in [1.82, 2.24) is 0 Å². The van der Waals surface area contributed by atoms with Crippen LogP contribution in [0.2, 0.25) is 0 Å². The second-order valence-corrected chi connectivity index (χ2v) is 5.02. The Morgan fingerprint density at radius 2 is 2.11 bits per heavy atom. The molecule has 0 N–H and O–H groups in total. The molecule has 0 atom stereocenters. The largest absolute Gasteiger partial charge is 0.493 e. The van der Waals surface area contributed by atoms with Gasteiger partial charge >= 0.3 is 0 Å². The molecule has 0 radical (unpaired) electrons. The molecule has 1 aliphatic rings. The normalized spacial score (nSPS) is 12.7. The third kappa shape index (κ3) is 3.69. The minimum Gasteiger partial charge on any atom is -0.493 e. The molecule has 1 heterocycles. The molecule has 0 bridgehead atoms. The van der Waals surface area contributed by atoms with Gasteiger partial charge in [-0.05, 0) is 42.5 Å². The Bertz CT molecular complexity index is 480. The molecule has 2 heteroatoms. The molecule has 0 fully saturated rings. The van der Waals surface area contributed by atoms with Crippen LogP contribution in [0.4, 0.5) is 0 Å². The number of hydrogen-bond donors (Lipinski definition) is 0. The van der Waals surface area contributed by atoms with Gasteiger partial charge in [0.05, 0.1) is 6.61 Å². The number of aryl methyl sites for hydroxylation is 1. The Labute approximate surface area is 115 Å². The summed E-state index contributed by atoms with van der Waals surface area (Å²) < 4.78 is 5.48. The Kier molecular flexibility index (Phi) is 4.78. The summed E-state index contributed by atoms with van der Waals surface area (Å²) in [6.07, 6.45) is 6.19. The lowest BCUT2D eigenvalue weighted by molar-refractivity contribution is -0.114. The van der Waals surface area contributed by atoms with E-state index < -0.39 is 0 Å². The van der Waals surface area contributed by atoms with Crippen molar-refractivity contribution in [3.8, 4) is 5.75 Å². The maximum absolute atomic E-state index is 11.9. The van der Waals surface area contributed by atoms with E-state index in [1.807, 2.05) is 12.1 Å². The lowest BCUT2D eigenvalue weighted by Crippen LogP contribution is -1.98. The molecule has 0 spiro atoms. The SMILES string of the molecule is CCC(=CC(=O)CCc1ccc2c(c1)CCO2)CC. The van der Waals surface area contributed by atoms with Crippen LogP contribution in [0.15, 0.2) is 29.8 Å². The molecule has 1 aromatic rings. The highest BCUT2D eigenvalue weighted by Gasteiger charge is 2.12. The highest BCUT2D eigenvalue weighted by molar-refractivity contribution is 5.90. The fourth-order valence-corrected chi connectivity index (χ4v) is 2.42. The standard InChI is InChI=1S/C17H22O2/c1-3-13(4-2)12-16(18)7-5-14-6-8-17-15(11-14)9-10-19-17/h6,8,11-12H,3-5,7,9-10H2,1-2H3. The number of ether oxygens (including phenoxy) is 1. The van der Waals surface area contributed by atoms with Crippen LogP contribution in [-0.4, -0.2) is 12.4 Å². The average Bonchev–Trinajstić information content (AvgIpc) is 2.89. The molecule has 1 aliphatic heterocycles. The Balaban J connectivity index is 1.92. The van der Waals surface area contributed by atoms with Crippen molar-refractivity contribution in [3.05, 3.63) is 41.0 Å². The summed E-state index contributed by atoms with van der Waals surface area (Å²) in [5, 5.41) is 0. The lowest BCUT2D eigenvalue weighted by atomic mass is 10.0. The maximum atomic E-state index is 11.9. The summed E-state index contributed by atoms with van der Waals surface area (Å²) in [6.45, 7) is 4.99. The minimum atomic E-state index is 0.246. The number of allylic oxidation sites excluding steroid dienone is 2. The predicted molar refractivity (Wildman–Crippen MR) is 77.6 cm³/mol. The van der Waals surface area contributed by atoms with Crippen molar-refractivity contribution in [2.24, 2.45) is 0 Å². The van der Waals surface area contributed by atoms with Crippen LogP contribution in [0.5, 0.6) is 5.75 Å². The van der Waals surface area contributed by atoms with Crippen LogP contribution >= 0.6 is 0 Å². The first-order valence-electron chi connectivity index (χ1n) is 7.19. The molecule has 2 nitrogen and oxygen atoms in total. The number of ketones is 1. The number of carbonyl (C=O) groups excluding carboxylic acids is 1. The van der Waals surface area contributed by atoms with Crippen molar-refractivity contribution in [1.29, 1.82) is 0 Å². The fourth-order valence-electron chi connectivity index (χ4n) is 2.42. The van der Waals surface area contributed by atoms with E-state index in [4.69, 9.17) is 4.74 Å². The monoisotopic (exact) mass is 258 g/mol. The van der Waals surface area contributed by atoms with Gasteiger partial charge in [-0.3, -0.25) is 4.79 Å². The Hall–Kier alpha value is -1.57. The first-order valence-corrected chi connectivity index (χ1v) is 7.19. The second kappa shape index (κ2) is 6.55. The van der Waals surface area contributed by atoms with E-state index in [0.717, 1.165) is 38.0 Å². The Morgan fingerprint density at radius 1 is 1.32 bits per heavy atom. The summed E-state index contributed by atoms with van der Waals surface area (Å²) in [7, 11) is 0. The molecule has 0 saturated carbocycles. The van der Waals surface area contributed by atoms with Crippen LogP contribution in [0.3, 0.4) is 0 Å². The summed E-state index contributed by atoms with van der Waals surface area (Å²) >= 11 is 0. The van der Waals surface area contributed by atoms with Gasteiger partial charge in [0, 0.05) is 12.8 Å². The average molecular weight is 258 g/mol. The highest BCUT2D eigenvalue weighted by Crippen LogP contribution is 2.26. The third-order valence-electron chi connectivity index (χ3n) is 3.69. The summed E-state index contributed by atoms with van der Waals surface area (Å²) in [6, 6.07) is 6.28. The number of hydrogen-bond acceptors (Lipinski definition) is 2. The van der Waals surface area contributed by atoms with Crippen molar-refractivity contribution in [3.63, 3.8) is 0 Å². The van der Waals surface area contributed by atoms with Crippen molar-refractivity contribution in [2.45, 2.75) is 46.0 Å². The van der Waals surface area contributed by atoms with E-state index >= 15 is 0 Å². The van der Waals surface area contributed by atoms with Gasteiger partial charge in [0.2, 0.25) is 0 Å². The van der Waals surface area contributed by atoms with Gasteiger partial charge in [-0.1, -0.05) is 31.6 Å². The molecule has 102 valence electrons. The summed E-state index contributed by atoms with van der Waals surface area (Å²) in [4.78, 5) is 11.9. The van der Waals surface area contributed by atoms with Crippen molar-refractivity contribution < 1.29 is 9.53 Å². The molecular weight excluding hydrogens is 236 g/mol. The highest BCUT2D eigenvalue weighted by atomic mass is 16.5. The topological polar surface area (TPSA) is 26.3 Å². The molecular formula is C17H22O2. The second-order valence-electron chi connectivity index (χ2n) is 5.02. The van der Waals surface area contributed by atoms with E-state index in [9.17, 15) is 4.79 Å². The van der Waals surface area contributed by atoms with Crippen LogP contribution in [0, 0.1) is 0 Å². The molecule has 0 aliphatic carbocycles. The molecule has 2 rings (SSSR count). The zero-order valence-electron chi connectivity index (χ0n) is 11.9. The van der Waals surface area contributed by atoms with Gasteiger partial charge < -0.3 is 4.74 Å². The number of rotatable bonds is 6. The first kappa shape index (κ1) is 13.9. The van der Waals surface area contributed by atoms with Gasteiger partial charge in [-0.15, -0.1) is 0 Å². The van der Waals surface area contributed by atoms with Gasteiger partial charge in [0.25, 0.3) is 0 Å². The molecule has 0 amide bonds. The first-order chi connectivity index (χ1) is 9.22. The number of carbonyl (C=O) groups is 1. The minimum absolute atomic E-state index is 0.246. The zero-order valence-corrected chi connectivity index (χ0v) is 11.9. The van der Waals surface area contributed by atoms with E-state index in [-0.39, 0.29) is 5.78 Å². The van der Waals surface area contributed by atoms with Crippen molar-refractivity contribution >= 4 is 5.78 Å². The van der Waals surface area contributed by atoms with E-state index in [1.165, 1.54) is 16.7 Å². The van der Waals surface area contributed by atoms with Gasteiger partial charge in [-0.2, -0.15) is 0 Å². The molecule has 19 heavy (non-hydrogen) atoms. The van der Waals surface area contributed by atoms with Crippen LogP contribution in [-0.2, 0) is 17.6 Å². The van der Waals surface area contributed by atoms with E-state index in [0.29, 0.717) is 6.42 Å². The number of fused-ring (bicyclic) bond motifs is 1. The number of benzene rings is 1. The smallest absolute Gasteiger partial charge is 0.155 e. The van der Waals surface area contributed by atoms with E-state index in [1.54, 1.807) is 0 Å². The van der Waals surface area contributed by atoms with Crippen LogP contribution in [0.25, 0.3) is 0 Å².